The largest absolute Gasteiger partial charge is 0.493 e. The molecule has 2 aromatic carbocycles. The Morgan fingerprint density at radius 2 is 1.86 bits per heavy atom. The SMILES string of the molecule is Cn1cc(-c2cc(NS(=O)(=O)O)ccc2OCC2CC2)c2ccccc2c1=O. The highest BCUT2D eigenvalue weighted by Gasteiger charge is 2.23. The molecule has 28 heavy (non-hydrogen) atoms. The van der Waals surface area contributed by atoms with Crippen LogP contribution in [-0.4, -0.2) is 24.1 Å². The van der Waals surface area contributed by atoms with E-state index in [1.54, 1.807) is 37.5 Å². The third-order valence-corrected chi connectivity index (χ3v) is 5.27. The lowest BCUT2D eigenvalue weighted by Crippen LogP contribution is -2.16. The van der Waals surface area contributed by atoms with Crippen molar-refractivity contribution in [3.63, 3.8) is 0 Å². The molecule has 146 valence electrons. The van der Waals surface area contributed by atoms with E-state index in [1.807, 2.05) is 12.1 Å². The van der Waals surface area contributed by atoms with Gasteiger partial charge in [-0.2, -0.15) is 8.42 Å². The van der Waals surface area contributed by atoms with Crippen LogP contribution < -0.4 is 15.0 Å². The van der Waals surface area contributed by atoms with Gasteiger partial charge < -0.3 is 9.30 Å². The monoisotopic (exact) mass is 400 g/mol. The maximum Gasteiger partial charge on any atom is 0.357 e. The number of nitrogens with zero attached hydrogens (tertiary/aromatic N) is 1. The molecule has 0 atom stereocenters. The molecular formula is C20H20N2O5S. The first-order chi connectivity index (χ1) is 13.3. The van der Waals surface area contributed by atoms with Crippen molar-refractivity contribution in [3.8, 4) is 16.9 Å². The minimum absolute atomic E-state index is 0.119. The molecular weight excluding hydrogens is 380 g/mol. The number of aryl methyl sites for hydroxylation is 1. The van der Waals surface area contributed by atoms with E-state index in [4.69, 9.17) is 9.29 Å². The van der Waals surface area contributed by atoms with Crippen LogP contribution in [0.1, 0.15) is 12.8 Å². The summed E-state index contributed by atoms with van der Waals surface area (Å²) in [7, 11) is -2.74. The van der Waals surface area contributed by atoms with E-state index in [-0.39, 0.29) is 11.2 Å². The average Bonchev–Trinajstić information content (AvgIpc) is 3.47. The lowest BCUT2D eigenvalue weighted by Gasteiger charge is -2.16. The molecule has 1 heterocycles. The predicted octanol–water partition coefficient (Wildman–Crippen LogP) is 3.21. The second-order valence-electron chi connectivity index (χ2n) is 7.05. The molecule has 1 saturated carbocycles. The van der Waals surface area contributed by atoms with E-state index in [2.05, 4.69) is 4.72 Å². The van der Waals surface area contributed by atoms with Crippen LogP contribution in [0.2, 0.25) is 0 Å². The van der Waals surface area contributed by atoms with Crippen LogP contribution in [0.5, 0.6) is 5.75 Å². The van der Waals surface area contributed by atoms with Gasteiger partial charge in [-0.1, -0.05) is 18.2 Å². The van der Waals surface area contributed by atoms with E-state index in [9.17, 15) is 13.2 Å². The van der Waals surface area contributed by atoms with Crippen molar-refractivity contribution in [2.75, 3.05) is 11.3 Å². The highest BCUT2D eigenvalue weighted by molar-refractivity contribution is 7.87. The van der Waals surface area contributed by atoms with Crippen LogP contribution >= 0.6 is 0 Å². The molecule has 0 amide bonds. The summed E-state index contributed by atoms with van der Waals surface area (Å²) in [4.78, 5) is 12.5. The molecule has 1 aliphatic rings. The van der Waals surface area contributed by atoms with Crippen LogP contribution in [0, 0.1) is 5.92 Å². The minimum atomic E-state index is -4.41. The van der Waals surface area contributed by atoms with Crippen molar-refractivity contribution >= 4 is 26.8 Å². The molecule has 0 spiro atoms. The molecule has 1 aliphatic carbocycles. The molecule has 1 fully saturated rings. The summed E-state index contributed by atoms with van der Waals surface area (Å²) in [5, 5.41) is 1.30. The normalized spacial score (nSPS) is 14.2. The second-order valence-corrected chi connectivity index (χ2v) is 8.20. The summed E-state index contributed by atoms with van der Waals surface area (Å²) < 4.78 is 41.2. The average molecular weight is 400 g/mol. The third kappa shape index (κ3) is 3.88. The van der Waals surface area contributed by atoms with Crippen LogP contribution in [0.15, 0.2) is 53.5 Å². The molecule has 0 unspecified atom stereocenters. The first kappa shape index (κ1) is 18.5. The summed E-state index contributed by atoms with van der Waals surface area (Å²) in [6.07, 6.45) is 3.99. The van der Waals surface area contributed by atoms with Gasteiger partial charge in [0, 0.05) is 29.8 Å². The van der Waals surface area contributed by atoms with E-state index >= 15 is 0 Å². The molecule has 0 aliphatic heterocycles. The van der Waals surface area contributed by atoms with Gasteiger partial charge in [-0.05, 0) is 48.4 Å². The van der Waals surface area contributed by atoms with Crippen molar-refractivity contribution in [1.82, 2.24) is 4.57 Å². The van der Waals surface area contributed by atoms with Crippen molar-refractivity contribution in [2.45, 2.75) is 12.8 Å². The standard InChI is InChI=1S/C20H20N2O5S/c1-22-11-18(15-4-2-3-5-16(15)20(22)23)17-10-14(21-28(24,25)26)8-9-19(17)27-12-13-6-7-13/h2-5,8-11,13,21H,6-7,12H2,1H3,(H,24,25,26). The number of ether oxygens (including phenoxy) is 1. The van der Waals surface area contributed by atoms with Crippen molar-refractivity contribution in [3.05, 3.63) is 59.0 Å². The van der Waals surface area contributed by atoms with Gasteiger partial charge in [0.15, 0.2) is 0 Å². The number of hydrogen-bond donors (Lipinski definition) is 2. The molecule has 0 bridgehead atoms. The minimum Gasteiger partial charge on any atom is -0.493 e. The molecule has 0 saturated heterocycles. The number of fused-ring (bicyclic) bond motifs is 1. The summed E-state index contributed by atoms with van der Waals surface area (Å²) in [6.45, 7) is 0.585. The first-order valence-electron chi connectivity index (χ1n) is 8.92. The van der Waals surface area contributed by atoms with Crippen LogP contribution in [0.3, 0.4) is 0 Å². The highest BCUT2D eigenvalue weighted by Crippen LogP contribution is 2.38. The molecule has 0 radical (unpaired) electrons. The fraction of sp³-hybridized carbons (Fsp3) is 0.250. The maximum atomic E-state index is 12.5. The zero-order chi connectivity index (χ0) is 19.9. The Bertz CT molecular complexity index is 1210. The Morgan fingerprint density at radius 1 is 1.14 bits per heavy atom. The third-order valence-electron chi connectivity index (χ3n) is 4.78. The van der Waals surface area contributed by atoms with Gasteiger partial charge in [0.05, 0.1) is 12.3 Å². The van der Waals surface area contributed by atoms with Crippen molar-refractivity contribution in [2.24, 2.45) is 13.0 Å². The Morgan fingerprint density at radius 3 is 2.54 bits per heavy atom. The van der Waals surface area contributed by atoms with Gasteiger partial charge in [-0.25, -0.2) is 0 Å². The number of aromatic nitrogens is 1. The van der Waals surface area contributed by atoms with Gasteiger partial charge in [0.25, 0.3) is 5.56 Å². The number of anilines is 1. The molecule has 2 N–H and O–H groups in total. The first-order valence-corrected chi connectivity index (χ1v) is 10.4. The number of pyridine rings is 1. The van der Waals surface area contributed by atoms with Crippen LogP contribution in [0.25, 0.3) is 21.9 Å². The van der Waals surface area contributed by atoms with Gasteiger partial charge in [0.2, 0.25) is 0 Å². The zero-order valence-corrected chi connectivity index (χ0v) is 16.1. The zero-order valence-electron chi connectivity index (χ0n) is 15.3. The highest BCUT2D eigenvalue weighted by atomic mass is 32.2. The van der Waals surface area contributed by atoms with Gasteiger partial charge >= 0.3 is 10.3 Å². The molecule has 3 aromatic rings. The van der Waals surface area contributed by atoms with Crippen LogP contribution in [-0.2, 0) is 17.4 Å². The lowest BCUT2D eigenvalue weighted by atomic mass is 9.99. The summed E-state index contributed by atoms with van der Waals surface area (Å²) in [5.41, 5.74) is 1.46. The Labute approximate surface area is 162 Å². The van der Waals surface area contributed by atoms with E-state index in [1.165, 1.54) is 10.6 Å². The van der Waals surface area contributed by atoms with Gasteiger partial charge in [-0.3, -0.25) is 14.1 Å². The summed E-state index contributed by atoms with van der Waals surface area (Å²) >= 11 is 0. The Hall–Kier alpha value is -2.84. The van der Waals surface area contributed by atoms with E-state index < -0.39 is 10.3 Å². The number of nitrogens with one attached hydrogen (secondary N) is 1. The number of rotatable bonds is 6. The molecule has 7 nitrogen and oxygen atoms in total. The topological polar surface area (TPSA) is 97.6 Å². The molecule has 8 heteroatoms. The van der Waals surface area contributed by atoms with Crippen LogP contribution in [0.4, 0.5) is 5.69 Å². The molecule has 4 rings (SSSR count). The number of benzene rings is 2. The quantitative estimate of drug-likeness (QED) is 0.619. The Kier molecular flexibility index (Phi) is 4.60. The summed E-state index contributed by atoms with van der Waals surface area (Å²) in [5.74, 6) is 1.14. The van der Waals surface area contributed by atoms with E-state index in [0.717, 1.165) is 23.8 Å². The maximum absolute atomic E-state index is 12.5. The van der Waals surface area contributed by atoms with Gasteiger partial charge in [0.1, 0.15) is 5.75 Å². The summed E-state index contributed by atoms with van der Waals surface area (Å²) in [6, 6.07) is 12.0. The number of hydrogen-bond acceptors (Lipinski definition) is 4. The Balaban J connectivity index is 1.91. The predicted molar refractivity (Wildman–Crippen MR) is 108 cm³/mol. The fourth-order valence-corrected chi connectivity index (χ4v) is 3.63. The van der Waals surface area contributed by atoms with Crippen molar-refractivity contribution < 1.29 is 17.7 Å². The van der Waals surface area contributed by atoms with Gasteiger partial charge in [-0.15, -0.1) is 0 Å². The fourth-order valence-electron chi connectivity index (χ4n) is 3.20. The lowest BCUT2D eigenvalue weighted by molar-refractivity contribution is 0.301. The molecule has 1 aromatic heterocycles. The van der Waals surface area contributed by atoms with Crippen molar-refractivity contribution in [1.29, 1.82) is 0 Å². The second kappa shape index (κ2) is 6.96. The van der Waals surface area contributed by atoms with E-state index in [0.29, 0.717) is 29.2 Å². The smallest absolute Gasteiger partial charge is 0.357 e.